The Bertz CT molecular complexity index is 1050. The molecule has 0 saturated carbocycles. The number of allylic oxidation sites excluding steroid dienone is 1. The lowest BCUT2D eigenvalue weighted by Crippen LogP contribution is -2.74. The molecule has 0 fully saturated rings. The third-order valence-electron chi connectivity index (χ3n) is 9.53. The van der Waals surface area contributed by atoms with Gasteiger partial charge in [-0.15, -0.1) is 6.58 Å². The number of alkyl halides is 17. The minimum Gasteiger partial charge on any atom is -0.200 e. The van der Waals surface area contributed by atoms with Crippen LogP contribution in [0.4, 0.5) is 74.6 Å². The lowest BCUT2D eigenvalue weighted by molar-refractivity contribution is -0.462. The first-order valence-corrected chi connectivity index (χ1v) is 21.0. The van der Waals surface area contributed by atoms with E-state index in [9.17, 15) is 74.6 Å². The van der Waals surface area contributed by atoms with Gasteiger partial charge in [0.05, 0.1) is 0 Å². The van der Waals surface area contributed by atoms with Crippen LogP contribution in [0, 0.1) is 17.8 Å². The maximum atomic E-state index is 13.3. The molecule has 0 heterocycles. The summed E-state index contributed by atoms with van der Waals surface area (Å²) in [5, 5.41) is 0. The van der Waals surface area contributed by atoms with Gasteiger partial charge in [0.25, 0.3) is 0 Å². The van der Waals surface area contributed by atoms with Gasteiger partial charge in [-0.3, -0.25) is 0 Å². The van der Waals surface area contributed by atoms with Gasteiger partial charge in [0, 0.05) is 6.42 Å². The molecule has 0 N–H and O–H groups in total. The van der Waals surface area contributed by atoms with Crippen molar-refractivity contribution in [3.05, 3.63) is 12.7 Å². The molecule has 0 aromatic heterocycles. The highest BCUT2D eigenvalue weighted by atomic mass is 19.4. The summed E-state index contributed by atoms with van der Waals surface area (Å²) in [6.45, 7) is 16.5. The van der Waals surface area contributed by atoms with Gasteiger partial charge in [-0.1, -0.05) is 177 Å². The third-order valence-corrected chi connectivity index (χ3v) is 9.53. The first-order chi connectivity index (χ1) is 26.7. The highest BCUT2D eigenvalue weighted by molar-refractivity contribution is 5.15. The Morgan fingerprint density at radius 3 is 0.898 bits per heavy atom. The average molecular weight is 899 g/mol. The molecular formula is C42H71F17. The number of hydrogen-bond donors (Lipinski definition) is 0. The lowest BCUT2D eigenvalue weighted by atomic mass is 9.87. The van der Waals surface area contributed by atoms with Gasteiger partial charge in [0.15, 0.2) is 0 Å². The lowest BCUT2D eigenvalue weighted by Gasteiger charge is -2.43. The smallest absolute Gasteiger partial charge is 0.200 e. The fourth-order valence-corrected chi connectivity index (χ4v) is 5.78. The molecule has 0 aliphatic heterocycles. The molecule has 0 aromatic carbocycles. The number of unbranched alkanes of at least 4 members (excludes halogenated alkanes) is 17. The largest absolute Gasteiger partial charge is 0.460 e. The molecule has 0 saturated heterocycles. The Balaban J connectivity index is -0.000000891. The standard InChI is InChI=1S/C19H40.C12H9F17.C11H22/c1-4-5-6-7-8-9-10-11-12-13-14-15-16-17-18-19(2)3;1-4(2)3-5(13,14)6(15,16)7(17,18)8(19,20)9(21,22)10(23,24)11(25,26)12(27,28)29;1-4-5-6-7-8-9-10-11(2)3/h19H,4-18H2,1-3H3;4H,3H2,1-2H3;4,11H,1,5-10H2,2-3H3. The van der Waals surface area contributed by atoms with Gasteiger partial charge >= 0.3 is 47.6 Å². The van der Waals surface area contributed by atoms with E-state index in [1.807, 2.05) is 6.08 Å². The van der Waals surface area contributed by atoms with Crippen molar-refractivity contribution in [2.75, 3.05) is 0 Å². The van der Waals surface area contributed by atoms with E-state index in [-0.39, 0.29) is 0 Å². The Morgan fingerprint density at radius 2 is 0.627 bits per heavy atom. The normalized spacial score (nSPS) is 13.7. The van der Waals surface area contributed by atoms with Crippen molar-refractivity contribution in [3.63, 3.8) is 0 Å². The minimum atomic E-state index is -8.57. The van der Waals surface area contributed by atoms with Gasteiger partial charge in [-0.2, -0.15) is 74.6 Å². The Hall–Kier alpha value is -1.45. The van der Waals surface area contributed by atoms with Crippen molar-refractivity contribution < 1.29 is 74.6 Å². The summed E-state index contributed by atoms with van der Waals surface area (Å²) in [6.07, 6.45) is 22.0. The van der Waals surface area contributed by atoms with Crippen LogP contribution < -0.4 is 0 Å². The van der Waals surface area contributed by atoms with E-state index in [0.29, 0.717) is 13.8 Å². The molecule has 59 heavy (non-hydrogen) atoms. The van der Waals surface area contributed by atoms with Crippen LogP contribution in [0.15, 0.2) is 12.7 Å². The highest BCUT2D eigenvalue weighted by Gasteiger charge is 2.95. The molecule has 0 aliphatic carbocycles. The molecule has 0 aromatic rings. The minimum absolute atomic E-state index is 0.632. The second-order valence-corrected chi connectivity index (χ2v) is 16.7. The molecule has 0 spiro atoms. The predicted molar refractivity (Wildman–Crippen MR) is 203 cm³/mol. The molecule has 0 radical (unpaired) electrons. The van der Waals surface area contributed by atoms with Crippen LogP contribution in [0.3, 0.4) is 0 Å². The summed E-state index contributed by atoms with van der Waals surface area (Å²) < 4.78 is 219. The maximum Gasteiger partial charge on any atom is 0.460 e. The van der Waals surface area contributed by atoms with Gasteiger partial charge < -0.3 is 0 Å². The quantitative estimate of drug-likeness (QED) is 0.0383. The molecule has 0 unspecified atom stereocenters. The van der Waals surface area contributed by atoms with E-state index in [1.54, 1.807) is 0 Å². The average Bonchev–Trinajstić information content (AvgIpc) is 3.08. The summed E-state index contributed by atoms with van der Waals surface area (Å²) in [7, 11) is 0. The Kier molecular flexibility index (Phi) is 29.6. The van der Waals surface area contributed by atoms with Crippen molar-refractivity contribution in [1.82, 2.24) is 0 Å². The topological polar surface area (TPSA) is 0 Å². The van der Waals surface area contributed by atoms with E-state index >= 15 is 0 Å². The van der Waals surface area contributed by atoms with E-state index < -0.39 is 60.0 Å². The summed E-state index contributed by atoms with van der Waals surface area (Å²) in [4.78, 5) is 0. The summed E-state index contributed by atoms with van der Waals surface area (Å²) in [5.41, 5.74) is 0. The van der Waals surface area contributed by atoms with Crippen molar-refractivity contribution in [1.29, 1.82) is 0 Å². The third kappa shape index (κ3) is 20.5. The molecular weight excluding hydrogens is 827 g/mol. The van der Waals surface area contributed by atoms with Crippen molar-refractivity contribution in [3.8, 4) is 0 Å². The highest BCUT2D eigenvalue weighted by Crippen LogP contribution is 2.64. The van der Waals surface area contributed by atoms with Gasteiger partial charge in [-0.25, -0.2) is 0 Å². The summed E-state index contributed by atoms with van der Waals surface area (Å²) in [5.74, 6) is -55.6. The molecule has 0 nitrogen and oxygen atoms in total. The van der Waals surface area contributed by atoms with Crippen molar-refractivity contribution in [2.45, 2.75) is 237 Å². The van der Waals surface area contributed by atoms with E-state index in [0.717, 1.165) is 11.8 Å². The first kappa shape index (κ1) is 61.8. The fourth-order valence-electron chi connectivity index (χ4n) is 5.78. The Labute approximate surface area is 342 Å². The molecule has 0 bridgehead atoms. The molecule has 0 aliphatic rings. The summed E-state index contributed by atoms with van der Waals surface area (Å²) in [6, 6.07) is 0. The molecule has 358 valence electrons. The van der Waals surface area contributed by atoms with E-state index in [2.05, 4.69) is 41.2 Å². The van der Waals surface area contributed by atoms with Crippen molar-refractivity contribution in [2.24, 2.45) is 17.8 Å². The van der Waals surface area contributed by atoms with Crippen LogP contribution in [0.2, 0.25) is 0 Å². The zero-order valence-electron chi connectivity index (χ0n) is 36.0. The fraction of sp³-hybridized carbons (Fsp3) is 0.952. The number of hydrogen-bond acceptors (Lipinski definition) is 0. The first-order valence-electron chi connectivity index (χ1n) is 21.0. The van der Waals surface area contributed by atoms with Crippen LogP contribution in [-0.2, 0) is 0 Å². The van der Waals surface area contributed by atoms with E-state index in [4.69, 9.17) is 0 Å². The zero-order chi connectivity index (χ0) is 47.0. The second kappa shape index (κ2) is 28.3. The number of halogens is 17. The predicted octanol–water partition coefficient (Wildman–Crippen LogP) is 18.7. The van der Waals surface area contributed by atoms with Gasteiger partial charge in [0.2, 0.25) is 0 Å². The van der Waals surface area contributed by atoms with E-state index in [1.165, 1.54) is 135 Å². The monoisotopic (exact) mass is 899 g/mol. The number of rotatable bonds is 30. The van der Waals surface area contributed by atoms with Crippen LogP contribution >= 0.6 is 0 Å². The Morgan fingerprint density at radius 1 is 0.356 bits per heavy atom. The van der Waals surface area contributed by atoms with Crippen LogP contribution in [-0.4, -0.2) is 47.6 Å². The second-order valence-electron chi connectivity index (χ2n) is 16.7. The van der Waals surface area contributed by atoms with Gasteiger partial charge in [-0.05, 0) is 30.6 Å². The van der Waals surface area contributed by atoms with Crippen LogP contribution in [0.25, 0.3) is 0 Å². The van der Waals surface area contributed by atoms with Gasteiger partial charge in [0.1, 0.15) is 0 Å². The molecule has 0 amide bonds. The zero-order valence-corrected chi connectivity index (χ0v) is 36.0. The summed E-state index contributed by atoms with van der Waals surface area (Å²) >= 11 is 0. The van der Waals surface area contributed by atoms with Crippen molar-refractivity contribution >= 4 is 0 Å². The molecule has 17 heteroatoms. The SMILES string of the molecule is C=CCCCCCCC(C)C.CC(C)CC(F)(F)C(F)(F)C(F)(F)C(F)(F)C(F)(F)C(F)(F)C(F)(F)C(F)(F)F.CCCCCCCCCCCCCCCCC(C)C. The molecule has 0 atom stereocenters. The van der Waals surface area contributed by atoms with Crippen LogP contribution in [0.5, 0.6) is 0 Å². The maximum absolute atomic E-state index is 13.3. The molecule has 0 rings (SSSR count). The van der Waals surface area contributed by atoms with Crippen LogP contribution in [0.1, 0.15) is 190 Å².